The zero-order chi connectivity index (χ0) is 16.9. The quantitative estimate of drug-likeness (QED) is 0.898. The highest BCUT2D eigenvalue weighted by molar-refractivity contribution is 6.32. The number of hydrogen-bond acceptors (Lipinski definition) is 5. The number of nitrogens with zero attached hydrogens (tertiary/aromatic N) is 4. The summed E-state index contributed by atoms with van der Waals surface area (Å²) >= 11 is 6.15. The number of piperazine rings is 1. The van der Waals surface area contributed by atoms with E-state index in [2.05, 4.69) is 32.0 Å². The van der Waals surface area contributed by atoms with Gasteiger partial charge in [-0.2, -0.15) is 0 Å². The average molecular weight is 352 g/mol. The molecular weight excluding hydrogens is 326 g/mol. The Morgan fingerprint density at radius 3 is 2.62 bits per heavy atom. The molecule has 7 heteroatoms. The molecule has 0 bridgehead atoms. The molecule has 0 spiro atoms. The number of carbonyl (C=O) groups excluding carboxylic acids is 1. The molecule has 24 heavy (non-hydrogen) atoms. The number of anilines is 1. The van der Waals surface area contributed by atoms with Gasteiger partial charge in [-0.15, -0.1) is 0 Å². The van der Waals surface area contributed by atoms with Crippen LogP contribution in [0.3, 0.4) is 0 Å². The molecule has 3 rings (SSSR count). The van der Waals surface area contributed by atoms with E-state index in [0.29, 0.717) is 17.6 Å². The van der Waals surface area contributed by atoms with Crippen molar-refractivity contribution in [3.05, 3.63) is 17.5 Å². The van der Waals surface area contributed by atoms with Crippen molar-refractivity contribution in [3.8, 4) is 0 Å². The fraction of sp³-hybridized carbons (Fsp3) is 0.706. The zero-order valence-electron chi connectivity index (χ0n) is 14.2. The van der Waals surface area contributed by atoms with Gasteiger partial charge in [-0.3, -0.25) is 9.69 Å². The van der Waals surface area contributed by atoms with Crippen molar-refractivity contribution in [2.24, 2.45) is 5.92 Å². The summed E-state index contributed by atoms with van der Waals surface area (Å²) in [6.45, 7) is 6.11. The topological polar surface area (TPSA) is 61.4 Å². The van der Waals surface area contributed by atoms with Gasteiger partial charge in [0, 0.05) is 32.2 Å². The Morgan fingerprint density at radius 1 is 1.25 bits per heavy atom. The summed E-state index contributed by atoms with van der Waals surface area (Å²) < 4.78 is 0. The van der Waals surface area contributed by atoms with Crippen LogP contribution >= 0.6 is 11.6 Å². The smallest absolute Gasteiger partial charge is 0.234 e. The molecule has 1 N–H and O–H groups in total. The van der Waals surface area contributed by atoms with Gasteiger partial charge in [0.25, 0.3) is 0 Å². The Balaban J connectivity index is 1.42. The lowest BCUT2D eigenvalue weighted by Crippen LogP contribution is -2.51. The second-order valence-corrected chi connectivity index (χ2v) is 7.39. The van der Waals surface area contributed by atoms with E-state index in [1.165, 1.54) is 19.2 Å². The fourth-order valence-electron chi connectivity index (χ4n) is 3.54. The number of halogens is 1. The number of amides is 1. The molecule has 0 radical (unpaired) electrons. The Bertz CT molecular complexity index is 554. The highest BCUT2D eigenvalue weighted by Crippen LogP contribution is 2.24. The lowest BCUT2D eigenvalue weighted by atomic mass is 9.87. The predicted molar refractivity (Wildman–Crippen MR) is 95.3 cm³/mol. The second-order valence-electron chi connectivity index (χ2n) is 6.98. The van der Waals surface area contributed by atoms with Crippen LogP contribution in [0.5, 0.6) is 0 Å². The molecule has 0 aromatic carbocycles. The highest BCUT2D eigenvalue weighted by Gasteiger charge is 2.23. The van der Waals surface area contributed by atoms with E-state index in [0.717, 1.165) is 50.8 Å². The normalized spacial score (nSPS) is 25.5. The second kappa shape index (κ2) is 8.12. The third kappa shape index (κ3) is 4.57. The molecule has 1 aliphatic carbocycles. The van der Waals surface area contributed by atoms with Gasteiger partial charge in [-0.25, -0.2) is 9.97 Å². The van der Waals surface area contributed by atoms with E-state index < -0.39 is 0 Å². The monoisotopic (exact) mass is 351 g/mol. The van der Waals surface area contributed by atoms with Crippen molar-refractivity contribution in [3.63, 3.8) is 0 Å². The maximum Gasteiger partial charge on any atom is 0.234 e. The van der Waals surface area contributed by atoms with Crippen LogP contribution in [0.4, 0.5) is 5.82 Å². The summed E-state index contributed by atoms with van der Waals surface area (Å²) in [6, 6.07) is 0.370. The summed E-state index contributed by atoms with van der Waals surface area (Å²) in [6.07, 6.45) is 7.83. The summed E-state index contributed by atoms with van der Waals surface area (Å²) in [4.78, 5) is 24.8. The minimum atomic E-state index is 0.156. The molecule has 6 nitrogen and oxygen atoms in total. The molecule has 1 saturated carbocycles. The van der Waals surface area contributed by atoms with Gasteiger partial charge in [0.1, 0.15) is 11.3 Å². The SMILES string of the molecule is CC1CCC(NC(=O)CN2CCN(c3ncncc3Cl)CC2)CC1. The van der Waals surface area contributed by atoms with Gasteiger partial charge in [-0.1, -0.05) is 18.5 Å². The summed E-state index contributed by atoms with van der Waals surface area (Å²) in [5.74, 6) is 1.75. The average Bonchev–Trinajstić information content (AvgIpc) is 2.58. The van der Waals surface area contributed by atoms with E-state index in [1.807, 2.05) is 0 Å². The van der Waals surface area contributed by atoms with E-state index in [-0.39, 0.29) is 5.91 Å². The van der Waals surface area contributed by atoms with Gasteiger partial charge >= 0.3 is 0 Å². The molecule has 0 atom stereocenters. The van der Waals surface area contributed by atoms with Crippen LogP contribution in [0.15, 0.2) is 12.5 Å². The number of hydrogen-bond donors (Lipinski definition) is 1. The van der Waals surface area contributed by atoms with Crippen LogP contribution in [0.2, 0.25) is 5.02 Å². The molecule has 1 aliphatic heterocycles. The molecule has 1 saturated heterocycles. The number of carbonyl (C=O) groups is 1. The van der Waals surface area contributed by atoms with Crippen molar-refractivity contribution >= 4 is 23.3 Å². The first-order valence-electron chi connectivity index (χ1n) is 8.84. The largest absolute Gasteiger partial charge is 0.353 e. The Hall–Kier alpha value is -1.40. The van der Waals surface area contributed by atoms with E-state index in [4.69, 9.17) is 11.6 Å². The van der Waals surface area contributed by atoms with Crippen molar-refractivity contribution < 1.29 is 4.79 Å². The fourth-order valence-corrected chi connectivity index (χ4v) is 3.76. The Morgan fingerprint density at radius 2 is 1.96 bits per heavy atom. The number of aromatic nitrogens is 2. The predicted octanol–water partition coefficient (Wildman–Crippen LogP) is 1.95. The maximum absolute atomic E-state index is 12.3. The third-order valence-corrected chi connectivity index (χ3v) is 5.33. The van der Waals surface area contributed by atoms with Crippen molar-refractivity contribution in [1.82, 2.24) is 20.2 Å². The van der Waals surface area contributed by atoms with Crippen molar-refractivity contribution in [1.29, 1.82) is 0 Å². The summed E-state index contributed by atoms with van der Waals surface area (Å²) in [5, 5.41) is 3.78. The zero-order valence-corrected chi connectivity index (χ0v) is 15.0. The molecule has 1 aromatic rings. The minimum Gasteiger partial charge on any atom is -0.353 e. The standard InChI is InChI=1S/C17H26ClN5O/c1-13-2-4-14(5-3-13)21-16(24)11-22-6-8-23(9-7-22)17-15(18)10-19-12-20-17/h10,12-14H,2-9,11H2,1H3,(H,21,24). The van der Waals surface area contributed by atoms with Crippen LogP contribution < -0.4 is 10.2 Å². The van der Waals surface area contributed by atoms with Gasteiger partial charge in [0.05, 0.1) is 12.7 Å². The molecule has 2 fully saturated rings. The van der Waals surface area contributed by atoms with Crippen molar-refractivity contribution in [2.45, 2.75) is 38.6 Å². The first-order valence-corrected chi connectivity index (χ1v) is 9.22. The van der Waals surface area contributed by atoms with Crippen LogP contribution in [-0.2, 0) is 4.79 Å². The third-order valence-electron chi connectivity index (χ3n) is 5.07. The van der Waals surface area contributed by atoms with E-state index in [9.17, 15) is 4.79 Å². The molecule has 1 aromatic heterocycles. The molecular formula is C17H26ClN5O. The highest BCUT2D eigenvalue weighted by atomic mass is 35.5. The first-order chi connectivity index (χ1) is 11.6. The molecule has 2 heterocycles. The Labute approximate surface area is 148 Å². The van der Waals surface area contributed by atoms with Gasteiger partial charge in [-0.05, 0) is 31.6 Å². The van der Waals surface area contributed by atoms with E-state index in [1.54, 1.807) is 6.20 Å². The van der Waals surface area contributed by atoms with Crippen LogP contribution in [0, 0.1) is 5.92 Å². The lowest BCUT2D eigenvalue weighted by Gasteiger charge is -2.35. The van der Waals surface area contributed by atoms with Crippen LogP contribution in [-0.4, -0.2) is 59.5 Å². The maximum atomic E-state index is 12.3. The lowest BCUT2D eigenvalue weighted by molar-refractivity contribution is -0.123. The number of nitrogens with one attached hydrogen (secondary N) is 1. The minimum absolute atomic E-state index is 0.156. The molecule has 1 amide bonds. The van der Waals surface area contributed by atoms with Crippen LogP contribution in [0.25, 0.3) is 0 Å². The molecule has 132 valence electrons. The van der Waals surface area contributed by atoms with Gasteiger partial charge in [0.2, 0.25) is 5.91 Å². The summed E-state index contributed by atoms with van der Waals surface area (Å²) in [7, 11) is 0. The van der Waals surface area contributed by atoms with Gasteiger partial charge in [0.15, 0.2) is 5.82 Å². The van der Waals surface area contributed by atoms with Crippen molar-refractivity contribution in [2.75, 3.05) is 37.6 Å². The van der Waals surface area contributed by atoms with E-state index >= 15 is 0 Å². The number of rotatable bonds is 4. The molecule has 2 aliphatic rings. The Kier molecular flexibility index (Phi) is 5.89. The first kappa shape index (κ1) is 17.4. The van der Waals surface area contributed by atoms with Crippen LogP contribution in [0.1, 0.15) is 32.6 Å². The molecule has 0 unspecified atom stereocenters. The van der Waals surface area contributed by atoms with Gasteiger partial charge < -0.3 is 10.2 Å². The summed E-state index contributed by atoms with van der Waals surface area (Å²) in [5.41, 5.74) is 0.